The quantitative estimate of drug-likeness (QED) is 0.760. The first-order valence-electron chi connectivity index (χ1n) is 6.33. The maximum Gasteiger partial charge on any atom is 0.219 e. The minimum atomic E-state index is 0.124. The Hall–Kier alpha value is -1.35. The summed E-state index contributed by atoms with van der Waals surface area (Å²) in [7, 11) is 1.68. The lowest BCUT2D eigenvalue weighted by atomic mass is 10.1. The van der Waals surface area contributed by atoms with E-state index in [9.17, 15) is 4.79 Å². The first kappa shape index (κ1) is 12.1. The number of rotatable bonds is 5. The van der Waals surface area contributed by atoms with E-state index in [-0.39, 0.29) is 5.91 Å². The normalized spacial score (nSPS) is 17.8. The number of hydrogen-bond acceptors (Lipinski definition) is 2. The lowest BCUT2D eigenvalue weighted by Crippen LogP contribution is -2.23. The fourth-order valence-corrected chi connectivity index (χ4v) is 2.42. The molecule has 0 fully saturated rings. The van der Waals surface area contributed by atoms with Gasteiger partial charge in [0.05, 0.1) is 0 Å². The van der Waals surface area contributed by atoms with Gasteiger partial charge in [-0.05, 0) is 36.9 Å². The molecule has 2 N–H and O–H groups in total. The monoisotopic (exact) mass is 232 g/mol. The maximum absolute atomic E-state index is 11.1. The van der Waals surface area contributed by atoms with Crippen LogP contribution in [0.3, 0.4) is 0 Å². The highest BCUT2D eigenvalue weighted by Gasteiger charge is 2.20. The van der Waals surface area contributed by atoms with E-state index in [1.807, 2.05) is 0 Å². The predicted molar refractivity (Wildman–Crippen MR) is 68.8 cm³/mol. The molecule has 0 saturated carbocycles. The molecule has 0 spiro atoms. The molecule has 1 amide bonds. The van der Waals surface area contributed by atoms with Gasteiger partial charge in [-0.2, -0.15) is 0 Å². The molecule has 0 radical (unpaired) electrons. The smallest absolute Gasteiger partial charge is 0.219 e. The number of fused-ring (bicyclic) bond motifs is 1. The van der Waals surface area contributed by atoms with Crippen molar-refractivity contribution in [1.82, 2.24) is 10.6 Å². The summed E-state index contributed by atoms with van der Waals surface area (Å²) in [5.41, 5.74) is 2.91. The van der Waals surface area contributed by atoms with Crippen LogP contribution in [0.25, 0.3) is 0 Å². The Morgan fingerprint density at radius 3 is 3.06 bits per heavy atom. The van der Waals surface area contributed by atoms with Gasteiger partial charge in [-0.15, -0.1) is 0 Å². The van der Waals surface area contributed by atoms with Crippen LogP contribution in [-0.2, 0) is 11.2 Å². The van der Waals surface area contributed by atoms with Crippen LogP contribution in [0.1, 0.15) is 36.4 Å². The van der Waals surface area contributed by atoms with Gasteiger partial charge in [-0.1, -0.05) is 24.3 Å². The summed E-state index contributed by atoms with van der Waals surface area (Å²) in [4.78, 5) is 11.1. The third-order valence-corrected chi connectivity index (χ3v) is 3.38. The Morgan fingerprint density at radius 1 is 1.41 bits per heavy atom. The molecule has 3 heteroatoms. The fraction of sp³-hybridized carbons (Fsp3) is 0.500. The lowest BCUT2D eigenvalue weighted by molar-refractivity contribution is -0.120. The average molecular weight is 232 g/mol. The van der Waals surface area contributed by atoms with Gasteiger partial charge >= 0.3 is 0 Å². The van der Waals surface area contributed by atoms with Gasteiger partial charge in [0.25, 0.3) is 0 Å². The topological polar surface area (TPSA) is 41.1 Å². The van der Waals surface area contributed by atoms with Crippen molar-refractivity contribution in [3.8, 4) is 0 Å². The molecule has 0 heterocycles. The summed E-state index contributed by atoms with van der Waals surface area (Å²) in [5.74, 6) is 0.124. The van der Waals surface area contributed by atoms with Crippen molar-refractivity contribution in [2.75, 3.05) is 13.6 Å². The Balaban J connectivity index is 1.76. The van der Waals surface area contributed by atoms with Crippen LogP contribution in [0.2, 0.25) is 0 Å². The number of benzene rings is 1. The zero-order chi connectivity index (χ0) is 12.1. The first-order valence-corrected chi connectivity index (χ1v) is 6.33. The average Bonchev–Trinajstić information content (AvgIpc) is 2.78. The molecule has 1 unspecified atom stereocenters. The van der Waals surface area contributed by atoms with Crippen LogP contribution >= 0.6 is 0 Å². The standard InChI is InChI=1S/C14H20N2O/c1-15-14(17)7-4-10-16-13-9-8-11-5-2-3-6-12(11)13/h2-3,5-6,13,16H,4,7-10H2,1H3,(H,15,17). The van der Waals surface area contributed by atoms with Gasteiger partial charge in [0.1, 0.15) is 0 Å². The summed E-state index contributed by atoms with van der Waals surface area (Å²) in [6, 6.07) is 9.10. The number of carbonyl (C=O) groups excluding carboxylic acids is 1. The van der Waals surface area contributed by atoms with Gasteiger partial charge in [-0.25, -0.2) is 0 Å². The predicted octanol–water partition coefficient (Wildman–Crippen LogP) is 1.79. The molecule has 0 aromatic heterocycles. The van der Waals surface area contributed by atoms with Crippen LogP contribution in [0.5, 0.6) is 0 Å². The van der Waals surface area contributed by atoms with E-state index in [4.69, 9.17) is 0 Å². The van der Waals surface area contributed by atoms with Gasteiger partial charge in [0.2, 0.25) is 5.91 Å². The van der Waals surface area contributed by atoms with Gasteiger partial charge < -0.3 is 10.6 Å². The molecule has 0 aliphatic heterocycles. The molecule has 1 atom stereocenters. The number of carbonyl (C=O) groups is 1. The molecule has 92 valence electrons. The van der Waals surface area contributed by atoms with Gasteiger partial charge in [0, 0.05) is 19.5 Å². The maximum atomic E-state index is 11.1. The van der Waals surface area contributed by atoms with Crippen molar-refractivity contribution in [3.05, 3.63) is 35.4 Å². The minimum absolute atomic E-state index is 0.124. The number of amides is 1. The molecule has 1 aromatic carbocycles. The zero-order valence-corrected chi connectivity index (χ0v) is 10.3. The molecule has 0 bridgehead atoms. The molecule has 3 nitrogen and oxygen atoms in total. The van der Waals surface area contributed by atoms with Gasteiger partial charge in [0.15, 0.2) is 0 Å². The summed E-state index contributed by atoms with van der Waals surface area (Å²) in [5, 5.41) is 6.18. The van der Waals surface area contributed by atoms with E-state index in [0.717, 1.165) is 13.0 Å². The second kappa shape index (κ2) is 5.82. The minimum Gasteiger partial charge on any atom is -0.359 e. The van der Waals surface area contributed by atoms with E-state index in [1.165, 1.54) is 24.0 Å². The summed E-state index contributed by atoms with van der Waals surface area (Å²) < 4.78 is 0. The number of nitrogens with one attached hydrogen (secondary N) is 2. The van der Waals surface area contributed by atoms with Crippen molar-refractivity contribution in [1.29, 1.82) is 0 Å². The van der Waals surface area contributed by atoms with Crippen LogP contribution < -0.4 is 10.6 Å². The van der Waals surface area contributed by atoms with Crippen LogP contribution in [0.4, 0.5) is 0 Å². The van der Waals surface area contributed by atoms with Crippen molar-refractivity contribution in [2.45, 2.75) is 31.7 Å². The van der Waals surface area contributed by atoms with Crippen LogP contribution in [0.15, 0.2) is 24.3 Å². The zero-order valence-electron chi connectivity index (χ0n) is 10.3. The van der Waals surface area contributed by atoms with E-state index >= 15 is 0 Å². The molecule has 2 rings (SSSR count). The van der Waals surface area contributed by atoms with Crippen molar-refractivity contribution in [2.24, 2.45) is 0 Å². The molecular weight excluding hydrogens is 212 g/mol. The summed E-state index contributed by atoms with van der Waals surface area (Å²) in [6.45, 7) is 0.909. The lowest BCUT2D eigenvalue weighted by Gasteiger charge is -2.13. The SMILES string of the molecule is CNC(=O)CCCNC1CCc2ccccc21. The Labute approximate surface area is 103 Å². The Bertz CT molecular complexity index is 390. The fourth-order valence-electron chi connectivity index (χ4n) is 2.42. The molecule has 17 heavy (non-hydrogen) atoms. The molecule has 1 aliphatic rings. The van der Waals surface area contributed by atoms with Crippen LogP contribution in [0, 0.1) is 0 Å². The second-order valence-electron chi connectivity index (χ2n) is 4.52. The van der Waals surface area contributed by atoms with Crippen LogP contribution in [-0.4, -0.2) is 19.5 Å². The molecule has 1 aromatic rings. The summed E-state index contributed by atoms with van der Waals surface area (Å²) >= 11 is 0. The van der Waals surface area contributed by atoms with E-state index < -0.39 is 0 Å². The highest BCUT2D eigenvalue weighted by Crippen LogP contribution is 2.30. The molecule has 1 aliphatic carbocycles. The van der Waals surface area contributed by atoms with Crippen molar-refractivity contribution in [3.63, 3.8) is 0 Å². The van der Waals surface area contributed by atoms with Crippen molar-refractivity contribution >= 4 is 5.91 Å². The summed E-state index contributed by atoms with van der Waals surface area (Å²) in [6.07, 6.45) is 3.86. The van der Waals surface area contributed by atoms with E-state index in [0.29, 0.717) is 12.5 Å². The Kier molecular flexibility index (Phi) is 4.15. The number of hydrogen-bond donors (Lipinski definition) is 2. The third kappa shape index (κ3) is 3.07. The highest BCUT2D eigenvalue weighted by atomic mass is 16.1. The molecule has 0 saturated heterocycles. The van der Waals surface area contributed by atoms with Gasteiger partial charge in [-0.3, -0.25) is 4.79 Å². The first-order chi connectivity index (χ1) is 8.31. The number of aryl methyl sites for hydroxylation is 1. The Morgan fingerprint density at radius 2 is 2.24 bits per heavy atom. The van der Waals surface area contributed by atoms with E-state index in [2.05, 4.69) is 34.9 Å². The highest BCUT2D eigenvalue weighted by molar-refractivity contribution is 5.75. The molecular formula is C14H20N2O. The van der Waals surface area contributed by atoms with Crippen molar-refractivity contribution < 1.29 is 4.79 Å². The third-order valence-electron chi connectivity index (χ3n) is 3.38. The largest absolute Gasteiger partial charge is 0.359 e. The second-order valence-corrected chi connectivity index (χ2v) is 4.52. The van der Waals surface area contributed by atoms with E-state index in [1.54, 1.807) is 7.05 Å².